The van der Waals surface area contributed by atoms with Crippen LogP contribution in [0.2, 0.25) is 0 Å². The molecule has 0 aliphatic carbocycles. The zero-order valence-electron chi connectivity index (χ0n) is 15.6. The molecule has 0 atom stereocenters. The van der Waals surface area contributed by atoms with Crippen molar-refractivity contribution in [3.05, 3.63) is 45.8 Å². The Balaban J connectivity index is 1.75. The summed E-state index contributed by atoms with van der Waals surface area (Å²) in [5.74, 6) is -0.462. The van der Waals surface area contributed by atoms with E-state index in [9.17, 15) is 23.3 Å². The van der Waals surface area contributed by atoms with Crippen molar-refractivity contribution in [3.63, 3.8) is 0 Å². The number of rotatable bonds is 6. The molecule has 1 aromatic carbocycles. The molecule has 1 saturated heterocycles. The number of aryl methyl sites for hydroxylation is 1. The maximum atomic E-state index is 12.6. The highest BCUT2D eigenvalue weighted by Crippen LogP contribution is 2.24. The van der Waals surface area contributed by atoms with Gasteiger partial charge in [0, 0.05) is 18.8 Å². The molecule has 1 aliphatic rings. The molecular weight excluding hydrogens is 386 g/mol. The fourth-order valence-corrected chi connectivity index (χ4v) is 4.82. The van der Waals surface area contributed by atoms with E-state index in [1.54, 1.807) is 12.1 Å². The van der Waals surface area contributed by atoms with Crippen LogP contribution in [0.5, 0.6) is 0 Å². The van der Waals surface area contributed by atoms with Crippen LogP contribution in [0.25, 0.3) is 0 Å². The number of anilines is 1. The largest absolute Gasteiger partial charge is 0.324 e. The van der Waals surface area contributed by atoms with E-state index in [0.717, 1.165) is 12.8 Å². The lowest BCUT2D eigenvalue weighted by atomic mass is 10.3. The Kier molecular flexibility index (Phi) is 5.47. The number of amides is 1. The van der Waals surface area contributed by atoms with Crippen molar-refractivity contribution in [2.75, 3.05) is 18.4 Å². The molecule has 0 bridgehead atoms. The second kappa shape index (κ2) is 7.68. The predicted octanol–water partition coefficient (Wildman–Crippen LogP) is 1.83. The van der Waals surface area contributed by atoms with Crippen LogP contribution in [0, 0.1) is 24.0 Å². The Morgan fingerprint density at radius 3 is 2.57 bits per heavy atom. The molecule has 0 radical (unpaired) electrons. The summed E-state index contributed by atoms with van der Waals surface area (Å²) in [5, 5.41) is 17.7. The third-order valence-electron chi connectivity index (χ3n) is 4.64. The van der Waals surface area contributed by atoms with Crippen LogP contribution in [-0.2, 0) is 21.4 Å². The summed E-state index contributed by atoms with van der Waals surface area (Å²) in [4.78, 5) is 23.0. The standard InChI is InChI=1S/C17H21N5O5S/c1-12-17(22(24)25)13(2)21(19-12)11-16(23)18-14-6-5-7-15(10-14)28(26,27)20-8-3-4-9-20/h5-7,10H,3-4,8-9,11H2,1-2H3,(H,18,23). The molecule has 0 unspecified atom stereocenters. The first-order valence-corrected chi connectivity index (χ1v) is 10.2. The molecule has 0 spiro atoms. The average Bonchev–Trinajstić information content (AvgIpc) is 3.24. The number of carbonyl (C=O) groups is 1. The van der Waals surface area contributed by atoms with E-state index in [1.165, 1.54) is 35.0 Å². The summed E-state index contributed by atoms with van der Waals surface area (Å²) >= 11 is 0. The van der Waals surface area contributed by atoms with Crippen LogP contribution in [0.1, 0.15) is 24.2 Å². The van der Waals surface area contributed by atoms with E-state index < -0.39 is 20.9 Å². The molecule has 1 N–H and O–H groups in total. The number of aromatic nitrogens is 2. The lowest BCUT2D eigenvalue weighted by molar-refractivity contribution is -0.386. The maximum Gasteiger partial charge on any atom is 0.312 e. The van der Waals surface area contributed by atoms with Crippen molar-refractivity contribution >= 4 is 27.3 Å². The van der Waals surface area contributed by atoms with Gasteiger partial charge in [-0.05, 0) is 44.9 Å². The average molecular weight is 407 g/mol. The summed E-state index contributed by atoms with van der Waals surface area (Å²) < 4.78 is 28.0. The van der Waals surface area contributed by atoms with E-state index in [2.05, 4.69) is 10.4 Å². The van der Waals surface area contributed by atoms with Gasteiger partial charge in [0.1, 0.15) is 17.9 Å². The summed E-state index contributed by atoms with van der Waals surface area (Å²) in [7, 11) is -3.58. The lowest BCUT2D eigenvalue weighted by Crippen LogP contribution is -2.28. The minimum atomic E-state index is -3.58. The van der Waals surface area contributed by atoms with E-state index in [1.807, 2.05) is 0 Å². The van der Waals surface area contributed by atoms with Gasteiger partial charge >= 0.3 is 5.69 Å². The predicted molar refractivity (Wildman–Crippen MR) is 101 cm³/mol. The van der Waals surface area contributed by atoms with E-state index in [-0.39, 0.29) is 28.5 Å². The van der Waals surface area contributed by atoms with Crippen LogP contribution in [-0.4, -0.2) is 46.4 Å². The molecule has 2 aromatic rings. The number of carbonyl (C=O) groups excluding carboxylic acids is 1. The smallest absolute Gasteiger partial charge is 0.312 e. The van der Waals surface area contributed by atoms with E-state index >= 15 is 0 Å². The number of nitro groups is 1. The number of hydrogen-bond acceptors (Lipinski definition) is 6. The number of sulfonamides is 1. The summed E-state index contributed by atoms with van der Waals surface area (Å²) in [5.41, 5.74) is 0.727. The van der Waals surface area contributed by atoms with Gasteiger partial charge in [-0.2, -0.15) is 9.40 Å². The molecule has 1 aliphatic heterocycles. The highest BCUT2D eigenvalue weighted by Gasteiger charge is 2.27. The van der Waals surface area contributed by atoms with Gasteiger partial charge in [-0.15, -0.1) is 0 Å². The molecule has 28 heavy (non-hydrogen) atoms. The molecule has 150 valence electrons. The molecule has 1 fully saturated rings. The van der Waals surface area contributed by atoms with Crippen molar-refractivity contribution in [2.45, 2.75) is 38.1 Å². The maximum absolute atomic E-state index is 12.6. The Labute approximate surface area is 162 Å². The van der Waals surface area contributed by atoms with E-state index in [0.29, 0.717) is 18.8 Å². The molecule has 1 amide bonds. The Bertz CT molecular complexity index is 1020. The van der Waals surface area contributed by atoms with E-state index in [4.69, 9.17) is 0 Å². The zero-order valence-corrected chi connectivity index (χ0v) is 16.4. The molecular formula is C17H21N5O5S. The minimum Gasteiger partial charge on any atom is -0.324 e. The van der Waals surface area contributed by atoms with Crippen molar-refractivity contribution in [1.82, 2.24) is 14.1 Å². The number of benzene rings is 1. The van der Waals surface area contributed by atoms with Crippen LogP contribution < -0.4 is 5.32 Å². The molecule has 1 aromatic heterocycles. The number of nitrogens with one attached hydrogen (secondary N) is 1. The Morgan fingerprint density at radius 1 is 1.29 bits per heavy atom. The van der Waals surface area contributed by atoms with Gasteiger partial charge in [-0.1, -0.05) is 6.07 Å². The van der Waals surface area contributed by atoms with Gasteiger partial charge in [0.15, 0.2) is 0 Å². The molecule has 0 saturated carbocycles. The quantitative estimate of drug-likeness (QED) is 0.575. The van der Waals surface area contributed by atoms with Gasteiger partial charge in [-0.25, -0.2) is 8.42 Å². The van der Waals surface area contributed by atoms with Gasteiger partial charge in [-0.3, -0.25) is 19.6 Å². The van der Waals surface area contributed by atoms with Crippen LogP contribution in [0.4, 0.5) is 11.4 Å². The van der Waals surface area contributed by atoms with Crippen molar-refractivity contribution in [3.8, 4) is 0 Å². The summed E-state index contributed by atoms with van der Waals surface area (Å²) in [6, 6.07) is 6.06. The second-order valence-electron chi connectivity index (χ2n) is 6.62. The first kappa shape index (κ1) is 20.0. The highest BCUT2D eigenvalue weighted by molar-refractivity contribution is 7.89. The van der Waals surface area contributed by atoms with Crippen LogP contribution >= 0.6 is 0 Å². The van der Waals surface area contributed by atoms with Crippen LogP contribution in [0.15, 0.2) is 29.2 Å². The van der Waals surface area contributed by atoms with Gasteiger partial charge in [0.05, 0.1) is 9.82 Å². The van der Waals surface area contributed by atoms with Gasteiger partial charge in [0.25, 0.3) is 0 Å². The highest BCUT2D eigenvalue weighted by atomic mass is 32.2. The Hall–Kier alpha value is -2.79. The molecule has 2 heterocycles. The van der Waals surface area contributed by atoms with Crippen molar-refractivity contribution < 1.29 is 18.1 Å². The van der Waals surface area contributed by atoms with Crippen molar-refractivity contribution in [1.29, 1.82) is 0 Å². The first-order chi connectivity index (χ1) is 13.2. The second-order valence-corrected chi connectivity index (χ2v) is 8.56. The molecule has 10 nitrogen and oxygen atoms in total. The molecule has 11 heteroatoms. The van der Waals surface area contributed by atoms with Gasteiger partial charge < -0.3 is 5.32 Å². The third-order valence-corrected chi connectivity index (χ3v) is 6.53. The monoisotopic (exact) mass is 407 g/mol. The fraction of sp³-hybridized carbons (Fsp3) is 0.412. The van der Waals surface area contributed by atoms with Crippen molar-refractivity contribution in [2.24, 2.45) is 0 Å². The number of nitrogens with zero attached hydrogens (tertiary/aromatic N) is 4. The first-order valence-electron chi connectivity index (χ1n) is 8.78. The van der Waals surface area contributed by atoms with Gasteiger partial charge in [0.2, 0.25) is 15.9 Å². The summed E-state index contributed by atoms with van der Waals surface area (Å²) in [6.45, 7) is 3.80. The SMILES string of the molecule is Cc1nn(CC(=O)Nc2cccc(S(=O)(=O)N3CCCC3)c2)c(C)c1[N+](=O)[O-]. The number of hydrogen-bond donors (Lipinski definition) is 1. The normalized spacial score (nSPS) is 14.9. The summed E-state index contributed by atoms with van der Waals surface area (Å²) in [6.07, 6.45) is 1.68. The zero-order chi connectivity index (χ0) is 20.5. The topological polar surface area (TPSA) is 127 Å². The fourth-order valence-electron chi connectivity index (χ4n) is 3.25. The minimum absolute atomic E-state index is 0.119. The van der Waals surface area contributed by atoms with Crippen LogP contribution in [0.3, 0.4) is 0 Å². The Morgan fingerprint density at radius 2 is 1.96 bits per heavy atom. The third kappa shape index (κ3) is 3.90. The molecule has 3 rings (SSSR count). The lowest BCUT2D eigenvalue weighted by Gasteiger charge is -2.16.